The quantitative estimate of drug-likeness (QED) is 0.644. The molecule has 0 aliphatic carbocycles. The molecule has 0 radical (unpaired) electrons. The number of rotatable bonds is 4. The Labute approximate surface area is 104 Å². The maximum absolute atomic E-state index is 13.6. The van der Waals surface area contributed by atoms with Crippen LogP contribution in [0.3, 0.4) is 0 Å². The molecular weight excluding hydrogens is 236 g/mol. The van der Waals surface area contributed by atoms with Gasteiger partial charge in [0, 0.05) is 29.9 Å². The molecule has 1 atom stereocenters. The normalized spacial score (nSPS) is 12.4. The van der Waals surface area contributed by atoms with E-state index in [1.165, 1.54) is 12.1 Å². The average molecular weight is 249 g/mol. The van der Waals surface area contributed by atoms with E-state index in [0.29, 0.717) is 12.0 Å². The molecule has 0 bridgehead atoms. The van der Waals surface area contributed by atoms with Crippen LogP contribution in [-0.2, 0) is 6.42 Å². The van der Waals surface area contributed by atoms with Crippen LogP contribution in [0.15, 0.2) is 42.6 Å². The van der Waals surface area contributed by atoms with E-state index in [1.54, 1.807) is 12.3 Å². The van der Waals surface area contributed by atoms with Crippen molar-refractivity contribution in [1.82, 2.24) is 10.4 Å². The standard InChI is InChI=1S/C13H13F2N3/c14-9-4-5-11(12(15)7-9)13(18-16)8-10-3-1-2-6-17-10/h1-7,13,18H,8,16H2. The third-order valence-corrected chi connectivity index (χ3v) is 2.68. The van der Waals surface area contributed by atoms with Crippen LogP contribution in [0.2, 0.25) is 0 Å². The van der Waals surface area contributed by atoms with Gasteiger partial charge in [-0.05, 0) is 18.2 Å². The molecule has 1 aromatic heterocycles. The highest BCUT2D eigenvalue weighted by Crippen LogP contribution is 2.20. The van der Waals surface area contributed by atoms with Crippen molar-refractivity contribution in [1.29, 1.82) is 0 Å². The van der Waals surface area contributed by atoms with Gasteiger partial charge in [0.25, 0.3) is 0 Å². The summed E-state index contributed by atoms with van der Waals surface area (Å²) in [6.45, 7) is 0. The second-order valence-electron chi connectivity index (χ2n) is 3.91. The minimum Gasteiger partial charge on any atom is -0.271 e. The largest absolute Gasteiger partial charge is 0.271 e. The van der Waals surface area contributed by atoms with Gasteiger partial charge in [-0.25, -0.2) is 8.78 Å². The van der Waals surface area contributed by atoms with E-state index >= 15 is 0 Å². The van der Waals surface area contributed by atoms with Crippen molar-refractivity contribution in [2.75, 3.05) is 0 Å². The predicted molar refractivity (Wildman–Crippen MR) is 64.4 cm³/mol. The average Bonchev–Trinajstić information content (AvgIpc) is 2.38. The van der Waals surface area contributed by atoms with Gasteiger partial charge in [0.2, 0.25) is 0 Å². The van der Waals surface area contributed by atoms with E-state index < -0.39 is 17.7 Å². The number of aromatic nitrogens is 1. The van der Waals surface area contributed by atoms with Crippen molar-refractivity contribution in [2.24, 2.45) is 5.84 Å². The summed E-state index contributed by atoms with van der Waals surface area (Å²) in [6, 6.07) is 8.47. The van der Waals surface area contributed by atoms with Gasteiger partial charge in [-0.1, -0.05) is 12.1 Å². The first-order valence-electron chi connectivity index (χ1n) is 5.51. The van der Waals surface area contributed by atoms with Crippen LogP contribution in [0.25, 0.3) is 0 Å². The molecule has 1 heterocycles. The molecular formula is C13H13F2N3. The molecule has 0 saturated heterocycles. The first-order chi connectivity index (χ1) is 8.70. The maximum atomic E-state index is 13.6. The Morgan fingerprint density at radius 1 is 1.22 bits per heavy atom. The Kier molecular flexibility index (Phi) is 3.96. The van der Waals surface area contributed by atoms with Gasteiger partial charge >= 0.3 is 0 Å². The van der Waals surface area contributed by atoms with Crippen molar-refractivity contribution in [2.45, 2.75) is 12.5 Å². The lowest BCUT2D eigenvalue weighted by atomic mass is 10.0. The van der Waals surface area contributed by atoms with Crippen LogP contribution in [0, 0.1) is 11.6 Å². The van der Waals surface area contributed by atoms with Crippen molar-refractivity contribution < 1.29 is 8.78 Å². The lowest BCUT2D eigenvalue weighted by Gasteiger charge is -2.16. The first kappa shape index (κ1) is 12.6. The maximum Gasteiger partial charge on any atom is 0.130 e. The number of benzene rings is 1. The van der Waals surface area contributed by atoms with Gasteiger partial charge in [0.1, 0.15) is 11.6 Å². The van der Waals surface area contributed by atoms with E-state index in [4.69, 9.17) is 5.84 Å². The van der Waals surface area contributed by atoms with E-state index in [0.717, 1.165) is 11.8 Å². The Morgan fingerprint density at radius 3 is 2.67 bits per heavy atom. The van der Waals surface area contributed by atoms with Gasteiger partial charge in [0.15, 0.2) is 0 Å². The molecule has 3 N–H and O–H groups in total. The fourth-order valence-corrected chi connectivity index (χ4v) is 1.77. The number of hydrogen-bond donors (Lipinski definition) is 2. The second-order valence-corrected chi connectivity index (χ2v) is 3.91. The Morgan fingerprint density at radius 2 is 2.06 bits per heavy atom. The van der Waals surface area contributed by atoms with Crippen molar-refractivity contribution in [3.8, 4) is 0 Å². The molecule has 94 valence electrons. The Bertz CT molecular complexity index is 517. The fraction of sp³-hybridized carbons (Fsp3) is 0.154. The summed E-state index contributed by atoms with van der Waals surface area (Å²) < 4.78 is 26.5. The van der Waals surface area contributed by atoms with Crippen molar-refractivity contribution in [3.63, 3.8) is 0 Å². The Balaban J connectivity index is 2.23. The number of hydrazine groups is 1. The van der Waals surface area contributed by atoms with Gasteiger partial charge in [-0.3, -0.25) is 16.3 Å². The molecule has 0 saturated carbocycles. The molecule has 3 nitrogen and oxygen atoms in total. The molecule has 0 spiro atoms. The molecule has 18 heavy (non-hydrogen) atoms. The molecule has 1 aromatic carbocycles. The number of nitrogens with one attached hydrogen (secondary N) is 1. The third-order valence-electron chi connectivity index (χ3n) is 2.68. The third kappa shape index (κ3) is 2.88. The van der Waals surface area contributed by atoms with Gasteiger partial charge in [-0.2, -0.15) is 0 Å². The fourth-order valence-electron chi connectivity index (χ4n) is 1.77. The highest BCUT2D eigenvalue weighted by atomic mass is 19.1. The lowest BCUT2D eigenvalue weighted by molar-refractivity contribution is 0.499. The molecule has 0 fully saturated rings. The van der Waals surface area contributed by atoms with Crippen LogP contribution in [0.4, 0.5) is 8.78 Å². The van der Waals surface area contributed by atoms with Crippen LogP contribution < -0.4 is 11.3 Å². The molecule has 2 aromatic rings. The smallest absolute Gasteiger partial charge is 0.130 e. The highest BCUT2D eigenvalue weighted by molar-refractivity contribution is 5.23. The SMILES string of the molecule is NNC(Cc1ccccn1)c1ccc(F)cc1F. The minimum absolute atomic E-state index is 0.324. The van der Waals surface area contributed by atoms with E-state index in [2.05, 4.69) is 10.4 Å². The summed E-state index contributed by atoms with van der Waals surface area (Å²) in [5, 5.41) is 0. The zero-order chi connectivity index (χ0) is 13.0. The summed E-state index contributed by atoms with van der Waals surface area (Å²) in [7, 11) is 0. The predicted octanol–water partition coefficient (Wildman–Crippen LogP) is 2.11. The highest BCUT2D eigenvalue weighted by Gasteiger charge is 2.16. The summed E-state index contributed by atoms with van der Waals surface area (Å²) in [4.78, 5) is 4.15. The van der Waals surface area contributed by atoms with Gasteiger partial charge in [0.05, 0.1) is 6.04 Å². The van der Waals surface area contributed by atoms with Gasteiger partial charge in [-0.15, -0.1) is 0 Å². The number of nitrogens with zero attached hydrogens (tertiary/aromatic N) is 1. The molecule has 2 rings (SSSR count). The minimum atomic E-state index is -0.617. The topological polar surface area (TPSA) is 50.9 Å². The van der Waals surface area contributed by atoms with E-state index in [9.17, 15) is 8.78 Å². The van der Waals surface area contributed by atoms with Crippen LogP contribution >= 0.6 is 0 Å². The van der Waals surface area contributed by atoms with E-state index in [1.807, 2.05) is 12.1 Å². The number of hydrogen-bond acceptors (Lipinski definition) is 3. The van der Waals surface area contributed by atoms with Crippen molar-refractivity contribution >= 4 is 0 Å². The number of pyridine rings is 1. The zero-order valence-corrected chi connectivity index (χ0v) is 9.61. The monoisotopic (exact) mass is 249 g/mol. The second kappa shape index (κ2) is 5.66. The summed E-state index contributed by atoms with van der Waals surface area (Å²) >= 11 is 0. The summed E-state index contributed by atoms with van der Waals surface area (Å²) in [5.74, 6) is 4.20. The Hall–Kier alpha value is -1.85. The summed E-state index contributed by atoms with van der Waals surface area (Å²) in [5.41, 5.74) is 3.63. The van der Waals surface area contributed by atoms with Crippen LogP contribution in [-0.4, -0.2) is 4.98 Å². The zero-order valence-electron chi connectivity index (χ0n) is 9.61. The molecule has 1 unspecified atom stereocenters. The van der Waals surface area contributed by atoms with Crippen LogP contribution in [0.5, 0.6) is 0 Å². The lowest BCUT2D eigenvalue weighted by Crippen LogP contribution is -2.30. The molecule has 0 amide bonds. The summed E-state index contributed by atoms with van der Waals surface area (Å²) in [6.07, 6.45) is 2.09. The van der Waals surface area contributed by atoms with Gasteiger partial charge < -0.3 is 0 Å². The van der Waals surface area contributed by atoms with E-state index in [-0.39, 0.29) is 0 Å². The molecule has 0 aliphatic heterocycles. The first-order valence-corrected chi connectivity index (χ1v) is 5.51. The molecule has 0 aliphatic rings. The molecule has 5 heteroatoms. The number of halogens is 2. The van der Waals surface area contributed by atoms with Crippen LogP contribution in [0.1, 0.15) is 17.3 Å². The number of nitrogens with two attached hydrogens (primary N) is 1. The van der Waals surface area contributed by atoms with Crippen molar-refractivity contribution in [3.05, 3.63) is 65.5 Å².